The van der Waals surface area contributed by atoms with Gasteiger partial charge in [0.2, 0.25) is 0 Å². The first-order chi connectivity index (χ1) is 7.28. The average Bonchev–Trinajstić information content (AvgIpc) is 2.86. The highest BCUT2D eigenvalue weighted by atomic mass is 15.2. The number of pyridine rings is 1. The van der Waals surface area contributed by atoms with E-state index in [1.54, 1.807) is 0 Å². The largest absolute Gasteiger partial charge is 0.356 e. The number of rotatable bonds is 1. The summed E-state index contributed by atoms with van der Waals surface area (Å²) in [6.45, 7) is 4.36. The van der Waals surface area contributed by atoms with Gasteiger partial charge in [-0.2, -0.15) is 0 Å². The monoisotopic (exact) mass is 198 g/mol. The molecule has 3 rings (SSSR count). The summed E-state index contributed by atoms with van der Waals surface area (Å²) in [6.07, 6.45) is 6.81. The highest BCUT2D eigenvalue weighted by molar-refractivity contribution is 5.47. The number of piperidine rings is 1. The summed E-state index contributed by atoms with van der Waals surface area (Å²) in [5, 5.41) is 0. The van der Waals surface area contributed by atoms with E-state index < -0.39 is 0 Å². The zero-order valence-electron chi connectivity index (χ0n) is 8.90. The number of aromatic nitrogens is 1. The van der Waals surface area contributed by atoms with Crippen molar-refractivity contribution in [2.75, 3.05) is 18.0 Å². The maximum atomic E-state index is 5.38. The predicted molar refractivity (Wildman–Crippen MR) is 60.7 cm³/mol. The van der Waals surface area contributed by atoms with Gasteiger partial charge in [-0.15, -0.1) is 6.42 Å². The van der Waals surface area contributed by atoms with Crippen molar-refractivity contribution in [3.8, 4) is 12.3 Å². The first-order valence-electron chi connectivity index (χ1n) is 5.47. The highest BCUT2D eigenvalue weighted by Crippen LogP contribution is 2.45. The summed E-state index contributed by atoms with van der Waals surface area (Å²) in [6, 6.07) is 4.05. The Hall–Kier alpha value is -1.49. The second-order valence-electron chi connectivity index (χ2n) is 4.61. The van der Waals surface area contributed by atoms with Crippen molar-refractivity contribution in [2.24, 2.45) is 11.8 Å². The Labute approximate surface area is 90.3 Å². The minimum absolute atomic E-state index is 0.906. The van der Waals surface area contributed by atoms with Gasteiger partial charge in [0.25, 0.3) is 0 Å². The molecular weight excluding hydrogens is 184 g/mol. The first-order valence-corrected chi connectivity index (χ1v) is 5.47. The zero-order chi connectivity index (χ0) is 10.4. The Kier molecular flexibility index (Phi) is 1.76. The average molecular weight is 198 g/mol. The second-order valence-corrected chi connectivity index (χ2v) is 4.61. The molecule has 0 radical (unpaired) electrons. The number of hydrogen-bond acceptors (Lipinski definition) is 2. The fourth-order valence-electron chi connectivity index (χ4n) is 2.46. The van der Waals surface area contributed by atoms with Crippen LogP contribution < -0.4 is 4.90 Å². The van der Waals surface area contributed by atoms with Gasteiger partial charge < -0.3 is 4.90 Å². The zero-order valence-corrected chi connectivity index (χ0v) is 8.90. The van der Waals surface area contributed by atoms with Gasteiger partial charge in [0.1, 0.15) is 5.82 Å². The van der Waals surface area contributed by atoms with Crippen molar-refractivity contribution in [1.29, 1.82) is 0 Å². The maximum absolute atomic E-state index is 5.38. The number of terminal acetylenes is 1. The van der Waals surface area contributed by atoms with E-state index in [0.717, 1.165) is 28.9 Å². The third-order valence-corrected chi connectivity index (χ3v) is 3.53. The smallest absolute Gasteiger partial charge is 0.128 e. The Bertz CT molecular complexity index is 434. The minimum atomic E-state index is 0.906. The Balaban J connectivity index is 1.87. The summed E-state index contributed by atoms with van der Waals surface area (Å²) in [5.74, 6) is 5.63. The van der Waals surface area contributed by atoms with E-state index in [4.69, 9.17) is 6.42 Å². The van der Waals surface area contributed by atoms with E-state index in [-0.39, 0.29) is 0 Å². The fraction of sp³-hybridized carbons (Fsp3) is 0.462. The Morgan fingerprint density at radius 1 is 1.40 bits per heavy atom. The van der Waals surface area contributed by atoms with Crippen LogP contribution in [0.3, 0.4) is 0 Å². The topological polar surface area (TPSA) is 16.1 Å². The molecule has 2 unspecified atom stereocenters. The number of fused-ring (bicyclic) bond motifs is 1. The lowest BCUT2D eigenvalue weighted by Gasteiger charge is -2.19. The number of anilines is 1. The van der Waals surface area contributed by atoms with Crippen molar-refractivity contribution >= 4 is 5.82 Å². The number of nitrogens with zero attached hydrogens (tertiary/aromatic N) is 2. The molecular formula is C13H14N2. The van der Waals surface area contributed by atoms with Crippen molar-refractivity contribution in [3.05, 3.63) is 23.4 Å². The molecule has 1 saturated heterocycles. The van der Waals surface area contributed by atoms with Crippen molar-refractivity contribution in [1.82, 2.24) is 4.98 Å². The Morgan fingerprint density at radius 3 is 2.73 bits per heavy atom. The van der Waals surface area contributed by atoms with Crippen LogP contribution in [0.4, 0.5) is 5.82 Å². The van der Waals surface area contributed by atoms with Crippen LogP contribution in [0.15, 0.2) is 12.1 Å². The molecule has 15 heavy (non-hydrogen) atoms. The SMILES string of the molecule is C#Cc1ccc(N2CC3CC3C2)nc1C. The molecule has 2 atom stereocenters. The van der Waals surface area contributed by atoms with E-state index in [1.807, 2.05) is 19.1 Å². The molecule has 0 N–H and O–H groups in total. The lowest BCUT2D eigenvalue weighted by Crippen LogP contribution is -2.23. The standard InChI is InChI=1S/C13H14N2/c1-3-10-4-5-13(14-9(10)2)15-7-11-6-12(11)8-15/h1,4-5,11-12H,6-8H2,2H3. The van der Waals surface area contributed by atoms with Gasteiger partial charge in [0.15, 0.2) is 0 Å². The number of hydrogen-bond donors (Lipinski definition) is 0. The van der Waals surface area contributed by atoms with Gasteiger partial charge in [0.05, 0.1) is 5.69 Å². The van der Waals surface area contributed by atoms with Gasteiger partial charge in [0, 0.05) is 18.7 Å². The van der Waals surface area contributed by atoms with Crippen LogP contribution in [-0.4, -0.2) is 18.1 Å². The molecule has 1 aliphatic heterocycles. The van der Waals surface area contributed by atoms with Crippen LogP contribution in [0, 0.1) is 31.1 Å². The number of aryl methyl sites for hydroxylation is 1. The van der Waals surface area contributed by atoms with E-state index >= 15 is 0 Å². The summed E-state index contributed by atoms with van der Waals surface area (Å²) >= 11 is 0. The van der Waals surface area contributed by atoms with E-state index in [9.17, 15) is 0 Å². The molecule has 0 spiro atoms. The molecule has 0 bridgehead atoms. The van der Waals surface area contributed by atoms with Gasteiger partial charge in [-0.05, 0) is 37.3 Å². The van der Waals surface area contributed by atoms with Crippen molar-refractivity contribution in [2.45, 2.75) is 13.3 Å². The second kappa shape index (κ2) is 3.00. The summed E-state index contributed by atoms with van der Waals surface area (Å²) < 4.78 is 0. The molecule has 1 aromatic rings. The molecule has 2 heteroatoms. The maximum Gasteiger partial charge on any atom is 0.128 e. The molecule has 2 heterocycles. The van der Waals surface area contributed by atoms with Gasteiger partial charge in [-0.1, -0.05) is 5.92 Å². The quantitative estimate of drug-likeness (QED) is 0.640. The Morgan fingerprint density at radius 2 is 2.13 bits per heavy atom. The third-order valence-electron chi connectivity index (χ3n) is 3.53. The van der Waals surface area contributed by atoms with E-state index in [0.29, 0.717) is 0 Å². The van der Waals surface area contributed by atoms with Crippen molar-refractivity contribution in [3.63, 3.8) is 0 Å². The summed E-state index contributed by atoms with van der Waals surface area (Å²) in [4.78, 5) is 6.95. The van der Waals surface area contributed by atoms with Gasteiger partial charge >= 0.3 is 0 Å². The molecule has 1 saturated carbocycles. The highest BCUT2D eigenvalue weighted by Gasteiger charge is 2.45. The molecule has 2 aliphatic rings. The lowest BCUT2D eigenvalue weighted by molar-refractivity contribution is 0.802. The van der Waals surface area contributed by atoms with Crippen LogP contribution >= 0.6 is 0 Å². The third kappa shape index (κ3) is 1.39. The molecule has 0 aromatic carbocycles. The fourth-order valence-corrected chi connectivity index (χ4v) is 2.46. The lowest BCUT2D eigenvalue weighted by atomic mass is 10.2. The van der Waals surface area contributed by atoms with E-state index in [1.165, 1.54) is 19.5 Å². The van der Waals surface area contributed by atoms with Crippen LogP contribution in [0.25, 0.3) is 0 Å². The molecule has 2 fully saturated rings. The normalized spacial score (nSPS) is 27.3. The minimum Gasteiger partial charge on any atom is -0.356 e. The van der Waals surface area contributed by atoms with Crippen molar-refractivity contribution < 1.29 is 0 Å². The van der Waals surface area contributed by atoms with Crippen LogP contribution in [0.5, 0.6) is 0 Å². The van der Waals surface area contributed by atoms with Gasteiger partial charge in [-0.25, -0.2) is 4.98 Å². The first kappa shape index (κ1) is 8.79. The predicted octanol–water partition coefficient (Wildman–Crippen LogP) is 1.83. The molecule has 1 aromatic heterocycles. The molecule has 2 nitrogen and oxygen atoms in total. The van der Waals surface area contributed by atoms with Crippen LogP contribution in [0.1, 0.15) is 17.7 Å². The molecule has 0 amide bonds. The summed E-state index contributed by atoms with van der Waals surface area (Å²) in [5.41, 5.74) is 1.87. The van der Waals surface area contributed by atoms with E-state index in [2.05, 4.69) is 15.8 Å². The van der Waals surface area contributed by atoms with Gasteiger partial charge in [-0.3, -0.25) is 0 Å². The van der Waals surface area contributed by atoms with Crippen LogP contribution in [0.2, 0.25) is 0 Å². The summed E-state index contributed by atoms with van der Waals surface area (Å²) in [7, 11) is 0. The molecule has 76 valence electrons. The molecule has 1 aliphatic carbocycles. The van der Waals surface area contributed by atoms with Crippen LogP contribution in [-0.2, 0) is 0 Å².